The highest BCUT2D eigenvalue weighted by molar-refractivity contribution is 7.13. The minimum Gasteiger partial charge on any atom is -0.462 e. The van der Waals surface area contributed by atoms with Gasteiger partial charge in [-0.1, -0.05) is 0 Å². The van der Waals surface area contributed by atoms with E-state index >= 15 is 0 Å². The lowest BCUT2D eigenvalue weighted by atomic mass is 10.2. The number of hydrogen-bond acceptors (Lipinski definition) is 7. The van der Waals surface area contributed by atoms with Crippen molar-refractivity contribution in [2.75, 3.05) is 11.5 Å². The summed E-state index contributed by atoms with van der Waals surface area (Å²) in [6.07, 6.45) is 5.08. The lowest BCUT2D eigenvalue weighted by molar-refractivity contribution is 0.0526. The second-order valence-corrected chi connectivity index (χ2v) is 5.34. The van der Waals surface area contributed by atoms with E-state index in [1.165, 1.54) is 11.3 Å². The zero-order chi connectivity index (χ0) is 16.1. The van der Waals surface area contributed by atoms with Gasteiger partial charge in [0.1, 0.15) is 0 Å². The Labute approximate surface area is 137 Å². The molecule has 0 fully saturated rings. The molecule has 0 N–H and O–H groups in total. The monoisotopic (exact) mass is 326 g/mol. The summed E-state index contributed by atoms with van der Waals surface area (Å²) in [6.45, 7) is 2.13. The third kappa shape index (κ3) is 3.35. The Hall–Kier alpha value is -2.80. The highest BCUT2D eigenvalue weighted by Crippen LogP contribution is 2.33. The standard InChI is InChI=1S/C16H14N4O2S/c1-2-22-14(21)12-4-6-13(7-5-12)20(16-19-10-11-23-16)15-17-8-3-9-18-15/h3-11H,2H2,1H3. The first-order valence-corrected chi connectivity index (χ1v) is 7.91. The number of anilines is 3. The SMILES string of the molecule is CCOC(=O)c1ccc(N(c2ncccn2)c2nccs2)cc1. The summed E-state index contributed by atoms with van der Waals surface area (Å²) in [4.78, 5) is 26.5. The summed E-state index contributed by atoms with van der Waals surface area (Å²) in [5, 5.41) is 2.64. The van der Waals surface area contributed by atoms with Crippen LogP contribution in [0.25, 0.3) is 0 Å². The Morgan fingerprint density at radius 3 is 2.48 bits per heavy atom. The smallest absolute Gasteiger partial charge is 0.338 e. The molecule has 2 heterocycles. The quantitative estimate of drug-likeness (QED) is 0.668. The van der Waals surface area contributed by atoms with Crippen LogP contribution in [0.1, 0.15) is 17.3 Å². The molecular formula is C16H14N4O2S. The number of benzene rings is 1. The lowest BCUT2D eigenvalue weighted by Gasteiger charge is -2.19. The molecule has 0 aliphatic carbocycles. The van der Waals surface area contributed by atoms with E-state index in [4.69, 9.17) is 4.74 Å². The van der Waals surface area contributed by atoms with Crippen molar-refractivity contribution in [2.45, 2.75) is 6.92 Å². The van der Waals surface area contributed by atoms with Crippen LogP contribution in [0.4, 0.5) is 16.8 Å². The maximum Gasteiger partial charge on any atom is 0.338 e. The Morgan fingerprint density at radius 1 is 1.13 bits per heavy atom. The molecule has 2 aromatic heterocycles. The van der Waals surface area contributed by atoms with Gasteiger partial charge in [-0.05, 0) is 37.3 Å². The van der Waals surface area contributed by atoms with Crippen molar-refractivity contribution < 1.29 is 9.53 Å². The molecule has 0 saturated heterocycles. The third-order valence-electron chi connectivity index (χ3n) is 3.00. The van der Waals surface area contributed by atoms with Crippen molar-refractivity contribution in [1.29, 1.82) is 0 Å². The van der Waals surface area contributed by atoms with Crippen LogP contribution in [0.5, 0.6) is 0 Å². The molecule has 3 aromatic rings. The molecule has 116 valence electrons. The van der Waals surface area contributed by atoms with Gasteiger partial charge in [-0.25, -0.2) is 19.7 Å². The summed E-state index contributed by atoms with van der Waals surface area (Å²) in [5.74, 6) is 0.183. The lowest BCUT2D eigenvalue weighted by Crippen LogP contribution is -2.13. The van der Waals surface area contributed by atoms with Crippen LogP contribution in [0, 0.1) is 0 Å². The first kappa shape index (κ1) is 15.1. The summed E-state index contributed by atoms with van der Waals surface area (Å²) in [7, 11) is 0. The number of hydrogen-bond donors (Lipinski definition) is 0. The average molecular weight is 326 g/mol. The number of rotatable bonds is 5. The molecule has 1 aromatic carbocycles. The average Bonchev–Trinajstić information content (AvgIpc) is 3.11. The van der Waals surface area contributed by atoms with Gasteiger partial charge in [0.15, 0.2) is 5.13 Å². The molecule has 0 unspecified atom stereocenters. The maximum atomic E-state index is 11.8. The second-order valence-electron chi connectivity index (χ2n) is 4.47. The predicted molar refractivity (Wildman–Crippen MR) is 88.3 cm³/mol. The van der Waals surface area contributed by atoms with Crippen LogP contribution < -0.4 is 4.90 Å². The molecule has 0 spiro atoms. The Bertz CT molecular complexity index is 761. The summed E-state index contributed by atoms with van der Waals surface area (Å²) in [6, 6.07) is 8.84. The van der Waals surface area contributed by atoms with Crippen LogP contribution in [-0.4, -0.2) is 27.5 Å². The highest BCUT2D eigenvalue weighted by Gasteiger charge is 2.17. The summed E-state index contributed by atoms with van der Waals surface area (Å²) >= 11 is 1.48. The number of ether oxygens (including phenoxy) is 1. The molecule has 0 saturated carbocycles. The first-order chi connectivity index (χ1) is 11.3. The van der Waals surface area contributed by atoms with Crippen LogP contribution in [0.15, 0.2) is 54.3 Å². The molecule has 0 atom stereocenters. The van der Waals surface area contributed by atoms with Crippen molar-refractivity contribution in [3.05, 3.63) is 59.9 Å². The Balaban J connectivity index is 1.96. The van der Waals surface area contributed by atoms with Crippen molar-refractivity contribution in [1.82, 2.24) is 15.0 Å². The summed E-state index contributed by atoms with van der Waals surface area (Å²) in [5.41, 5.74) is 1.32. The largest absolute Gasteiger partial charge is 0.462 e. The minimum atomic E-state index is -0.337. The second kappa shape index (κ2) is 6.97. The van der Waals surface area contributed by atoms with E-state index in [1.807, 2.05) is 22.4 Å². The number of nitrogens with zero attached hydrogens (tertiary/aromatic N) is 4. The summed E-state index contributed by atoms with van der Waals surface area (Å²) < 4.78 is 5.00. The fourth-order valence-corrected chi connectivity index (χ4v) is 2.66. The first-order valence-electron chi connectivity index (χ1n) is 7.03. The zero-order valence-corrected chi connectivity index (χ0v) is 13.2. The van der Waals surface area contributed by atoms with Crippen LogP contribution in [-0.2, 0) is 4.74 Å². The van der Waals surface area contributed by atoms with E-state index in [1.54, 1.807) is 43.7 Å². The molecule has 0 amide bonds. The molecule has 0 radical (unpaired) electrons. The zero-order valence-electron chi connectivity index (χ0n) is 12.4. The number of esters is 1. The molecule has 7 heteroatoms. The molecule has 0 bridgehead atoms. The number of carbonyl (C=O) groups excluding carboxylic acids is 1. The van der Waals surface area contributed by atoms with Gasteiger partial charge in [0.05, 0.1) is 17.9 Å². The van der Waals surface area contributed by atoms with Crippen molar-refractivity contribution in [2.24, 2.45) is 0 Å². The highest BCUT2D eigenvalue weighted by atomic mass is 32.1. The number of thiazole rings is 1. The predicted octanol–water partition coefficient (Wildman–Crippen LogP) is 3.58. The van der Waals surface area contributed by atoms with E-state index in [0.717, 1.165) is 10.8 Å². The van der Waals surface area contributed by atoms with E-state index in [2.05, 4.69) is 15.0 Å². The molecule has 0 aliphatic rings. The third-order valence-corrected chi connectivity index (χ3v) is 3.76. The molecular weight excluding hydrogens is 312 g/mol. The van der Waals surface area contributed by atoms with Gasteiger partial charge in [0.2, 0.25) is 5.95 Å². The van der Waals surface area contributed by atoms with Gasteiger partial charge >= 0.3 is 5.97 Å². The topological polar surface area (TPSA) is 68.2 Å². The van der Waals surface area contributed by atoms with Crippen LogP contribution in [0.3, 0.4) is 0 Å². The Morgan fingerprint density at radius 2 is 1.87 bits per heavy atom. The molecule has 3 rings (SSSR count). The van der Waals surface area contributed by atoms with Crippen molar-refractivity contribution >= 4 is 34.1 Å². The molecule has 23 heavy (non-hydrogen) atoms. The van der Waals surface area contributed by atoms with Gasteiger partial charge in [-0.15, -0.1) is 11.3 Å². The van der Waals surface area contributed by atoms with Crippen molar-refractivity contribution in [3.8, 4) is 0 Å². The van der Waals surface area contributed by atoms with E-state index in [-0.39, 0.29) is 5.97 Å². The van der Waals surface area contributed by atoms with Crippen molar-refractivity contribution in [3.63, 3.8) is 0 Å². The Kier molecular flexibility index (Phi) is 4.58. The number of aromatic nitrogens is 3. The maximum absolute atomic E-state index is 11.8. The minimum absolute atomic E-state index is 0.337. The van der Waals surface area contributed by atoms with E-state index in [0.29, 0.717) is 18.1 Å². The fraction of sp³-hybridized carbons (Fsp3) is 0.125. The van der Waals surface area contributed by atoms with Gasteiger partial charge in [-0.2, -0.15) is 0 Å². The fourth-order valence-electron chi connectivity index (χ4n) is 2.01. The van der Waals surface area contributed by atoms with Gasteiger partial charge in [-0.3, -0.25) is 4.90 Å². The van der Waals surface area contributed by atoms with Gasteiger partial charge in [0.25, 0.3) is 0 Å². The number of carbonyl (C=O) groups is 1. The van der Waals surface area contributed by atoms with Crippen LogP contribution >= 0.6 is 11.3 Å². The van der Waals surface area contributed by atoms with E-state index < -0.39 is 0 Å². The molecule has 0 aliphatic heterocycles. The molecule has 6 nitrogen and oxygen atoms in total. The van der Waals surface area contributed by atoms with Gasteiger partial charge in [0, 0.05) is 24.0 Å². The normalized spacial score (nSPS) is 10.3. The van der Waals surface area contributed by atoms with Crippen LogP contribution in [0.2, 0.25) is 0 Å². The van der Waals surface area contributed by atoms with Gasteiger partial charge < -0.3 is 4.74 Å². The van der Waals surface area contributed by atoms with E-state index in [9.17, 15) is 4.79 Å².